The fourth-order valence-corrected chi connectivity index (χ4v) is 3.48. The van der Waals surface area contributed by atoms with Gasteiger partial charge in [-0.25, -0.2) is 9.50 Å². The number of nitrogens with zero attached hydrogens (tertiary/aromatic N) is 4. The monoisotopic (exact) mass is 331 g/mol. The number of ether oxygens (including phenoxy) is 3. The number of rotatable bonds is 2. The third kappa shape index (κ3) is 1.88. The van der Waals surface area contributed by atoms with E-state index in [0.717, 1.165) is 0 Å². The molecule has 126 valence electrons. The Balaban J connectivity index is 1.90. The van der Waals surface area contributed by atoms with Crippen LogP contribution in [0.1, 0.15) is 19.5 Å². The van der Waals surface area contributed by atoms with E-state index in [-0.39, 0.29) is 6.61 Å². The Morgan fingerprint density at radius 3 is 2.88 bits per heavy atom. The highest BCUT2D eigenvalue weighted by Crippen LogP contribution is 2.49. The van der Waals surface area contributed by atoms with Crippen molar-refractivity contribution in [1.82, 2.24) is 14.6 Å². The van der Waals surface area contributed by atoms with Crippen molar-refractivity contribution in [2.75, 3.05) is 12.3 Å². The van der Waals surface area contributed by atoms with Crippen LogP contribution >= 0.6 is 0 Å². The predicted octanol–water partition coefficient (Wildman–Crippen LogP) is -0.0584. The lowest BCUT2D eigenvalue weighted by Gasteiger charge is -2.28. The lowest BCUT2D eigenvalue weighted by molar-refractivity contribution is -0.204. The maximum atomic E-state index is 9.97. The second kappa shape index (κ2) is 4.87. The minimum atomic E-state index is -1.47. The number of hydrogen-bond acceptors (Lipinski definition) is 8. The third-order valence-electron chi connectivity index (χ3n) is 4.44. The zero-order valence-electron chi connectivity index (χ0n) is 13.2. The van der Waals surface area contributed by atoms with Crippen LogP contribution in [0.25, 0.3) is 5.52 Å². The summed E-state index contributed by atoms with van der Waals surface area (Å²) in [4.78, 5) is 3.94. The summed E-state index contributed by atoms with van der Waals surface area (Å²) in [7, 11) is 0. The van der Waals surface area contributed by atoms with Crippen LogP contribution in [0.5, 0.6) is 0 Å². The zero-order chi connectivity index (χ0) is 17.1. The highest BCUT2D eigenvalue weighted by atomic mass is 16.8. The number of nitrogen functional groups attached to an aromatic ring is 1. The van der Waals surface area contributed by atoms with E-state index in [1.165, 1.54) is 10.8 Å². The fourth-order valence-electron chi connectivity index (χ4n) is 3.48. The summed E-state index contributed by atoms with van der Waals surface area (Å²) in [5.74, 6) is -0.586. The molecule has 0 aromatic carbocycles. The third-order valence-corrected chi connectivity index (χ3v) is 4.44. The summed E-state index contributed by atoms with van der Waals surface area (Å²) in [5.41, 5.74) is 5.41. The SMILES string of the molecule is CC1(C)OC2[C@H](CO)O[C@@](C#N)(c3ccc4c(N)ncnn34)[C@@H]2O1. The van der Waals surface area contributed by atoms with E-state index in [2.05, 4.69) is 16.2 Å². The topological polar surface area (TPSA) is 128 Å². The molecule has 0 spiro atoms. The van der Waals surface area contributed by atoms with E-state index in [1.807, 2.05) is 0 Å². The molecule has 2 aromatic heterocycles. The first-order chi connectivity index (χ1) is 11.4. The lowest BCUT2D eigenvalue weighted by Crippen LogP contribution is -2.40. The molecule has 2 fully saturated rings. The van der Waals surface area contributed by atoms with Gasteiger partial charge >= 0.3 is 0 Å². The molecule has 9 heteroatoms. The van der Waals surface area contributed by atoms with Gasteiger partial charge in [-0.2, -0.15) is 10.4 Å². The van der Waals surface area contributed by atoms with E-state index < -0.39 is 29.7 Å². The van der Waals surface area contributed by atoms with Gasteiger partial charge in [0.05, 0.1) is 12.3 Å². The van der Waals surface area contributed by atoms with Gasteiger partial charge in [0.25, 0.3) is 0 Å². The molecule has 24 heavy (non-hydrogen) atoms. The van der Waals surface area contributed by atoms with E-state index in [1.54, 1.807) is 26.0 Å². The first-order valence-corrected chi connectivity index (χ1v) is 7.56. The van der Waals surface area contributed by atoms with Gasteiger partial charge in [0.15, 0.2) is 11.6 Å². The van der Waals surface area contributed by atoms with Crippen LogP contribution in [0.2, 0.25) is 0 Å². The van der Waals surface area contributed by atoms with Gasteiger partial charge in [0, 0.05) is 0 Å². The average molecular weight is 331 g/mol. The lowest BCUT2D eigenvalue weighted by atomic mass is 9.92. The largest absolute Gasteiger partial charge is 0.394 e. The maximum Gasteiger partial charge on any atom is 0.226 e. The molecule has 0 radical (unpaired) electrons. The van der Waals surface area contributed by atoms with Gasteiger partial charge in [-0.05, 0) is 26.0 Å². The molecule has 2 aromatic rings. The molecule has 0 amide bonds. The molecular weight excluding hydrogens is 314 g/mol. The van der Waals surface area contributed by atoms with Crippen LogP contribution in [0.3, 0.4) is 0 Å². The summed E-state index contributed by atoms with van der Waals surface area (Å²) in [6.07, 6.45) is -0.637. The van der Waals surface area contributed by atoms with E-state index in [0.29, 0.717) is 17.0 Å². The van der Waals surface area contributed by atoms with Crippen molar-refractivity contribution in [3.05, 3.63) is 24.2 Å². The highest BCUT2D eigenvalue weighted by molar-refractivity contribution is 5.66. The van der Waals surface area contributed by atoms with Crippen LogP contribution in [-0.4, -0.2) is 50.4 Å². The number of aliphatic hydroxyl groups is 1. The number of hydrogen-bond donors (Lipinski definition) is 2. The number of fused-ring (bicyclic) bond motifs is 2. The van der Waals surface area contributed by atoms with Crippen LogP contribution in [0, 0.1) is 11.3 Å². The fraction of sp³-hybridized carbons (Fsp3) is 0.533. The molecule has 2 saturated heterocycles. The molecule has 1 unspecified atom stereocenters. The van der Waals surface area contributed by atoms with Crippen LogP contribution < -0.4 is 5.73 Å². The summed E-state index contributed by atoms with van der Waals surface area (Å²) < 4.78 is 19.2. The van der Waals surface area contributed by atoms with E-state index in [4.69, 9.17) is 19.9 Å². The zero-order valence-corrected chi connectivity index (χ0v) is 13.2. The number of anilines is 1. The molecular formula is C15H17N5O4. The van der Waals surface area contributed by atoms with Gasteiger partial charge in [-0.3, -0.25) is 0 Å². The molecule has 4 atom stereocenters. The first kappa shape index (κ1) is 15.3. The highest BCUT2D eigenvalue weighted by Gasteiger charge is 2.65. The number of nitriles is 1. The van der Waals surface area contributed by atoms with Gasteiger partial charge in [-0.1, -0.05) is 0 Å². The maximum absolute atomic E-state index is 9.97. The standard InChI is InChI=1S/C15H17N5O4/c1-14(2)23-11-9(5-21)22-15(6-16,12(11)24-14)10-4-3-8-13(17)18-7-19-20(8)10/h3-4,7,9,11-12,21H,5H2,1-2H3,(H2,17,18,19)/t9-,11?,12+,15-/m0/s1. The van der Waals surface area contributed by atoms with Gasteiger partial charge in [-0.15, -0.1) is 0 Å². The molecule has 4 heterocycles. The van der Waals surface area contributed by atoms with E-state index in [9.17, 15) is 10.4 Å². The van der Waals surface area contributed by atoms with Crippen LogP contribution in [-0.2, 0) is 19.8 Å². The van der Waals surface area contributed by atoms with Crippen molar-refractivity contribution >= 4 is 11.3 Å². The van der Waals surface area contributed by atoms with Crippen molar-refractivity contribution in [2.24, 2.45) is 0 Å². The summed E-state index contributed by atoms with van der Waals surface area (Å²) in [6.45, 7) is 3.24. The Hall–Kier alpha value is -2.25. The van der Waals surface area contributed by atoms with Gasteiger partial charge in [0.1, 0.15) is 36.2 Å². The van der Waals surface area contributed by atoms with Gasteiger partial charge < -0.3 is 25.1 Å². The Morgan fingerprint density at radius 1 is 1.38 bits per heavy atom. The van der Waals surface area contributed by atoms with Crippen molar-refractivity contribution in [2.45, 2.75) is 43.5 Å². The summed E-state index contributed by atoms with van der Waals surface area (Å²) in [6, 6.07) is 5.63. The molecule has 0 saturated carbocycles. The molecule has 9 nitrogen and oxygen atoms in total. The molecule has 3 N–H and O–H groups in total. The van der Waals surface area contributed by atoms with Crippen LogP contribution in [0.15, 0.2) is 18.5 Å². The molecule has 0 bridgehead atoms. The normalized spacial score (nSPS) is 34.3. The van der Waals surface area contributed by atoms with Crippen molar-refractivity contribution in [3.63, 3.8) is 0 Å². The number of nitrogens with two attached hydrogens (primary N) is 1. The molecule has 2 aliphatic rings. The Kier molecular flexibility index (Phi) is 3.10. The Morgan fingerprint density at radius 2 is 2.17 bits per heavy atom. The van der Waals surface area contributed by atoms with E-state index >= 15 is 0 Å². The molecule has 0 aliphatic carbocycles. The van der Waals surface area contributed by atoms with Crippen molar-refractivity contribution in [1.29, 1.82) is 5.26 Å². The average Bonchev–Trinajstić information content (AvgIpc) is 3.18. The van der Waals surface area contributed by atoms with Gasteiger partial charge in [0.2, 0.25) is 5.60 Å². The summed E-state index contributed by atoms with van der Waals surface area (Å²) >= 11 is 0. The predicted molar refractivity (Wildman–Crippen MR) is 80.5 cm³/mol. The van der Waals surface area contributed by atoms with Crippen molar-refractivity contribution < 1.29 is 19.3 Å². The minimum Gasteiger partial charge on any atom is -0.394 e. The van der Waals surface area contributed by atoms with Crippen molar-refractivity contribution in [3.8, 4) is 6.07 Å². The molecule has 2 aliphatic heterocycles. The number of aromatic nitrogens is 3. The minimum absolute atomic E-state index is 0.287. The Bertz CT molecular complexity index is 844. The smallest absolute Gasteiger partial charge is 0.226 e. The quantitative estimate of drug-likeness (QED) is 0.783. The molecule has 4 rings (SSSR count). The number of aliphatic hydroxyl groups excluding tert-OH is 1. The summed E-state index contributed by atoms with van der Waals surface area (Å²) in [5, 5.41) is 23.8. The van der Waals surface area contributed by atoms with Crippen LogP contribution in [0.4, 0.5) is 5.82 Å². The second-order valence-corrected chi connectivity index (χ2v) is 6.37. The Labute approximate surface area is 137 Å². The second-order valence-electron chi connectivity index (χ2n) is 6.37. The first-order valence-electron chi connectivity index (χ1n) is 7.56.